The Labute approximate surface area is 209 Å². The van der Waals surface area contributed by atoms with Gasteiger partial charge in [0, 0.05) is 54.0 Å². The summed E-state index contributed by atoms with van der Waals surface area (Å²) in [6, 6.07) is 7.79. The van der Waals surface area contributed by atoms with E-state index in [2.05, 4.69) is 48.9 Å². The number of hydrogen-bond acceptors (Lipinski definition) is 3. The second kappa shape index (κ2) is 9.94. The number of aryl methyl sites for hydroxylation is 1. The predicted octanol–water partition coefficient (Wildman–Crippen LogP) is 6.12. The summed E-state index contributed by atoms with van der Waals surface area (Å²) in [6.45, 7) is 15.5. The molecule has 2 aliphatic heterocycles. The number of fused-ring (bicyclic) bond motifs is 1. The average molecular weight is 476 g/mol. The Morgan fingerprint density at radius 3 is 2.43 bits per heavy atom. The van der Waals surface area contributed by atoms with Crippen LogP contribution in [-0.2, 0) is 11.3 Å². The van der Waals surface area contributed by atoms with Gasteiger partial charge in [-0.1, -0.05) is 19.9 Å². The molecule has 2 fully saturated rings. The topological polar surface area (TPSA) is 50.3 Å². The largest absolute Gasteiger partial charge is 0.381 e. The zero-order chi connectivity index (χ0) is 24.7. The number of ether oxygens (including phenoxy) is 1. The molecule has 2 saturated heterocycles. The Kier molecular flexibility index (Phi) is 6.91. The molecule has 0 atom stereocenters. The molecule has 5 rings (SSSR count). The molecule has 0 unspecified atom stereocenters. The van der Waals surface area contributed by atoms with E-state index < -0.39 is 0 Å². The van der Waals surface area contributed by atoms with Crippen LogP contribution in [0, 0.1) is 13.8 Å². The fraction of sp³-hybridized carbons (Fsp3) is 0.567. The van der Waals surface area contributed by atoms with E-state index in [9.17, 15) is 4.79 Å². The van der Waals surface area contributed by atoms with Gasteiger partial charge in [0.25, 0.3) is 5.56 Å². The SMILES string of the molecule is CCn1cc(-c2[nH]c3ccc(C4CCN(C5CCOCC5)CC4)cc3c2C(C)C)c(C)c(C)c1=O. The van der Waals surface area contributed by atoms with Crippen molar-refractivity contribution in [3.8, 4) is 11.3 Å². The van der Waals surface area contributed by atoms with Crippen molar-refractivity contribution in [1.82, 2.24) is 14.5 Å². The summed E-state index contributed by atoms with van der Waals surface area (Å²) in [4.78, 5) is 19.1. The summed E-state index contributed by atoms with van der Waals surface area (Å²) in [5, 5.41) is 1.34. The van der Waals surface area contributed by atoms with E-state index in [1.165, 1.54) is 66.5 Å². The molecular formula is C30H41N3O2. The predicted molar refractivity (Wildman–Crippen MR) is 145 cm³/mol. The van der Waals surface area contributed by atoms with Crippen molar-refractivity contribution in [2.24, 2.45) is 0 Å². The van der Waals surface area contributed by atoms with Crippen LogP contribution in [0.4, 0.5) is 0 Å². The minimum atomic E-state index is 0.116. The van der Waals surface area contributed by atoms with Crippen molar-refractivity contribution in [1.29, 1.82) is 0 Å². The molecule has 35 heavy (non-hydrogen) atoms. The molecule has 0 amide bonds. The minimum absolute atomic E-state index is 0.116. The van der Waals surface area contributed by atoms with Gasteiger partial charge in [-0.15, -0.1) is 0 Å². The first-order valence-electron chi connectivity index (χ1n) is 13.6. The summed E-state index contributed by atoms with van der Waals surface area (Å²) >= 11 is 0. The number of aromatic nitrogens is 2. The summed E-state index contributed by atoms with van der Waals surface area (Å²) in [7, 11) is 0. The number of aromatic amines is 1. The quantitative estimate of drug-likeness (QED) is 0.484. The number of nitrogens with one attached hydrogen (secondary N) is 1. The van der Waals surface area contributed by atoms with E-state index in [0.29, 0.717) is 24.4 Å². The first-order valence-corrected chi connectivity index (χ1v) is 13.6. The van der Waals surface area contributed by atoms with Crippen molar-refractivity contribution in [3.63, 3.8) is 0 Å². The van der Waals surface area contributed by atoms with Crippen molar-refractivity contribution < 1.29 is 4.74 Å². The van der Waals surface area contributed by atoms with Crippen LogP contribution in [0.5, 0.6) is 0 Å². The molecule has 0 radical (unpaired) electrons. The van der Waals surface area contributed by atoms with Crippen molar-refractivity contribution >= 4 is 10.9 Å². The maximum absolute atomic E-state index is 12.7. The lowest BCUT2D eigenvalue weighted by Crippen LogP contribution is -2.43. The molecule has 0 saturated carbocycles. The molecule has 1 N–H and O–H groups in total. The Bertz CT molecular complexity index is 1250. The number of nitrogens with zero attached hydrogens (tertiary/aromatic N) is 2. The van der Waals surface area contributed by atoms with Crippen LogP contribution in [0.2, 0.25) is 0 Å². The highest BCUT2D eigenvalue weighted by atomic mass is 16.5. The van der Waals surface area contributed by atoms with E-state index in [1.807, 2.05) is 24.6 Å². The molecule has 2 aliphatic rings. The number of rotatable bonds is 5. The third-order valence-electron chi connectivity index (χ3n) is 8.59. The Hall–Kier alpha value is -2.37. The van der Waals surface area contributed by atoms with Crippen LogP contribution in [0.25, 0.3) is 22.2 Å². The maximum atomic E-state index is 12.7. The van der Waals surface area contributed by atoms with E-state index in [0.717, 1.165) is 29.9 Å². The zero-order valence-electron chi connectivity index (χ0n) is 22.1. The van der Waals surface area contributed by atoms with E-state index in [-0.39, 0.29) is 5.56 Å². The van der Waals surface area contributed by atoms with Crippen LogP contribution in [0.1, 0.15) is 80.5 Å². The van der Waals surface area contributed by atoms with E-state index >= 15 is 0 Å². The number of benzene rings is 1. The molecule has 5 nitrogen and oxygen atoms in total. The van der Waals surface area contributed by atoms with Gasteiger partial charge < -0.3 is 19.2 Å². The Balaban J connectivity index is 1.48. The van der Waals surface area contributed by atoms with Crippen molar-refractivity contribution in [3.05, 3.63) is 57.0 Å². The molecule has 4 heterocycles. The number of H-pyrrole nitrogens is 1. The Morgan fingerprint density at radius 1 is 1.06 bits per heavy atom. The van der Waals surface area contributed by atoms with E-state index in [4.69, 9.17) is 4.74 Å². The highest BCUT2D eigenvalue weighted by Crippen LogP contribution is 2.39. The highest BCUT2D eigenvalue weighted by molar-refractivity contribution is 5.92. The van der Waals surface area contributed by atoms with Gasteiger partial charge in [0.15, 0.2) is 0 Å². The zero-order valence-corrected chi connectivity index (χ0v) is 22.1. The number of hydrogen-bond donors (Lipinski definition) is 1. The van der Waals surface area contributed by atoms with Gasteiger partial charge in [0.1, 0.15) is 0 Å². The first-order chi connectivity index (χ1) is 16.9. The van der Waals surface area contributed by atoms with Crippen LogP contribution in [0.15, 0.2) is 29.2 Å². The molecule has 3 aromatic rings. The molecule has 0 aliphatic carbocycles. The third-order valence-corrected chi connectivity index (χ3v) is 8.59. The lowest BCUT2D eigenvalue weighted by molar-refractivity contribution is 0.0252. The molecule has 0 bridgehead atoms. The number of likely N-dealkylation sites (tertiary alicyclic amines) is 1. The van der Waals surface area contributed by atoms with Crippen LogP contribution in [-0.4, -0.2) is 46.8 Å². The molecular weight excluding hydrogens is 434 g/mol. The third kappa shape index (κ3) is 4.49. The monoisotopic (exact) mass is 475 g/mol. The van der Waals surface area contributed by atoms with E-state index in [1.54, 1.807) is 0 Å². The number of piperidine rings is 1. The van der Waals surface area contributed by atoms with Gasteiger partial charge in [-0.3, -0.25) is 4.79 Å². The van der Waals surface area contributed by atoms with Crippen LogP contribution >= 0.6 is 0 Å². The van der Waals surface area contributed by atoms with Gasteiger partial charge in [-0.2, -0.15) is 0 Å². The fourth-order valence-corrected chi connectivity index (χ4v) is 6.32. The normalized spacial score (nSPS) is 18.7. The molecule has 5 heteroatoms. The molecule has 1 aromatic carbocycles. The van der Waals surface area contributed by atoms with Crippen molar-refractivity contribution in [2.75, 3.05) is 26.3 Å². The van der Waals surface area contributed by atoms with Gasteiger partial charge in [0.05, 0.1) is 5.69 Å². The first kappa shape index (κ1) is 24.3. The smallest absolute Gasteiger partial charge is 0.253 e. The summed E-state index contributed by atoms with van der Waals surface area (Å²) in [5.74, 6) is 1.01. The Morgan fingerprint density at radius 2 is 1.77 bits per heavy atom. The summed E-state index contributed by atoms with van der Waals surface area (Å²) in [5.41, 5.74) is 8.39. The van der Waals surface area contributed by atoms with Gasteiger partial charge in [-0.05, 0) is 100 Å². The van der Waals surface area contributed by atoms with Crippen molar-refractivity contribution in [2.45, 2.75) is 84.7 Å². The number of pyridine rings is 1. The summed E-state index contributed by atoms with van der Waals surface area (Å²) < 4.78 is 7.41. The minimum Gasteiger partial charge on any atom is -0.381 e. The highest BCUT2D eigenvalue weighted by Gasteiger charge is 2.28. The standard InChI is InChI=1S/C30H41N3O2/c1-6-32-18-26(20(4)21(5)30(32)34)29-28(19(2)3)25-17-23(7-8-27(25)31-29)22-9-13-33(14-10-22)24-11-15-35-16-12-24/h7-8,17-19,22,24,31H,6,9-16H2,1-5H3. The molecule has 2 aromatic heterocycles. The summed E-state index contributed by atoms with van der Waals surface area (Å²) in [6.07, 6.45) is 6.89. The molecule has 0 spiro atoms. The lowest BCUT2D eigenvalue weighted by Gasteiger charge is -2.39. The van der Waals surface area contributed by atoms with Crippen LogP contribution in [0.3, 0.4) is 0 Å². The average Bonchev–Trinajstić information content (AvgIpc) is 3.27. The van der Waals surface area contributed by atoms with Gasteiger partial charge >= 0.3 is 0 Å². The fourth-order valence-electron chi connectivity index (χ4n) is 6.32. The molecule has 188 valence electrons. The maximum Gasteiger partial charge on any atom is 0.253 e. The second-order valence-electron chi connectivity index (χ2n) is 10.9. The van der Waals surface area contributed by atoms with Gasteiger partial charge in [0.2, 0.25) is 0 Å². The second-order valence-corrected chi connectivity index (χ2v) is 10.9. The van der Waals surface area contributed by atoms with Crippen LogP contribution < -0.4 is 5.56 Å². The lowest BCUT2D eigenvalue weighted by atomic mass is 9.86. The van der Waals surface area contributed by atoms with Gasteiger partial charge in [-0.25, -0.2) is 0 Å².